The lowest BCUT2D eigenvalue weighted by Crippen LogP contribution is -2.74. The van der Waals surface area contributed by atoms with Crippen LogP contribution in [0, 0.1) is 5.41 Å². The molecule has 4 N–H and O–H groups in total. The first kappa shape index (κ1) is 21.3. The molecule has 0 radical (unpaired) electrons. The third-order valence-corrected chi connectivity index (χ3v) is 7.62. The number of carbonyl (C=O) groups excluding carboxylic acids is 2. The van der Waals surface area contributed by atoms with Crippen LogP contribution in [0.25, 0.3) is 0 Å². The maximum absolute atomic E-state index is 13.2. The van der Waals surface area contributed by atoms with Crippen molar-refractivity contribution < 1.29 is 33.0 Å². The number of alkyl halides is 3. The van der Waals surface area contributed by atoms with E-state index in [9.17, 15) is 33.0 Å². The van der Waals surface area contributed by atoms with Gasteiger partial charge in [0.2, 0.25) is 0 Å². The summed E-state index contributed by atoms with van der Waals surface area (Å²) in [4.78, 5) is 25.8. The van der Waals surface area contributed by atoms with Crippen LogP contribution in [0.5, 0.6) is 0 Å². The third-order valence-electron chi connectivity index (χ3n) is 7.62. The number of amides is 3. The van der Waals surface area contributed by atoms with Gasteiger partial charge in [-0.3, -0.25) is 15.0 Å². The Morgan fingerprint density at radius 1 is 1.27 bits per heavy atom. The Morgan fingerprint density at radius 3 is 2.60 bits per heavy atom. The molecule has 166 valence electrons. The highest BCUT2D eigenvalue weighted by Gasteiger charge is 2.69. The molecule has 2 aliphatic heterocycles. The van der Waals surface area contributed by atoms with Crippen LogP contribution in [-0.2, 0) is 4.79 Å². The number of allylic oxidation sites excluding steroid dienone is 1. The molecule has 7 nitrogen and oxygen atoms in total. The monoisotopic (exact) mass is 429 g/mol. The number of urea groups is 1. The zero-order valence-corrected chi connectivity index (χ0v) is 16.7. The van der Waals surface area contributed by atoms with E-state index in [1.807, 2.05) is 6.92 Å². The quantitative estimate of drug-likeness (QED) is 0.508. The normalized spacial score (nSPS) is 39.5. The number of nitrogens with zero attached hydrogens (tertiary/aromatic N) is 1. The summed E-state index contributed by atoms with van der Waals surface area (Å²) in [6.45, 7) is 0.639. The lowest BCUT2D eigenvalue weighted by atomic mass is 9.46. The number of piperidine rings is 1. The summed E-state index contributed by atoms with van der Waals surface area (Å²) < 4.78 is 39.7. The number of aliphatic hydroxyl groups is 2. The summed E-state index contributed by atoms with van der Waals surface area (Å²) in [5.74, 6) is -0.455. The molecule has 3 fully saturated rings. The molecular formula is C20H26F3N3O4. The van der Waals surface area contributed by atoms with Gasteiger partial charge in [-0.2, -0.15) is 13.2 Å². The maximum atomic E-state index is 13.2. The Hall–Kier alpha value is -1.91. The molecular weight excluding hydrogens is 403 g/mol. The van der Waals surface area contributed by atoms with Gasteiger partial charge >= 0.3 is 12.2 Å². The van der Waals surface area contributed by atoms with Gasteiger partial charge < -0.3 is 15.5 Å². The first-order valence-electron chi connectivity index (χ1n) is 10.1. The zero-order valence-electron chi connectivity index (χ0n) is 16.7. The smallest absolute Gasteiger partial charge is 0.392 e. The molecule has 2 heterocycles. The van der Waals surface area contributed by atoms with Crippen molar-refractivity contribution in [2.45, 2.75) is 62.4 Å². The van der Waals surface area contributed by atoms with Gasteiger partial charge in [0, 0.05) is 11.5 Å². The molecule has 2 aliphatic carbocycles. The van der Waals surface area contributed by atoms with Crippen LogP contribution in [0.4, 0.5) is 18.0 Å². The van der Waals surface area contributed by atoms with Crippen molar-refractivity contribution in [3.8, 4) is 0 Å². The summed E-state index contributed by atoms with van der Waals surface area (Å²) in [5, 5.41) is 26.0. The molecule has 1 spiro atoms. The number of rotatable bonds is 3. The van der Waals surface area contributed by atoms with Crippen LogP contribution >= 0.6 is 0 Å². The summed E-state index contributed by atoms with van der Waals surface area (Å²) >= 11 is 0. The molecule has 4 atom stereocenters. The van der Waals surface area contributed by atoms with E-state index in [4.69, 9.17) is 0 Å². The summed E-state index contributed by atoms with van der Waals surface area (Å²) in [6, 6.07) is -1.36. The van der Waals surface area contributed by atoms with Crippen LogP contribution in [0.2, 0.25) is 0 Å². The lowest BCUT2D eigenvalue weighted by molar-refractivity contribution is -0.221. The van der Waals surface area contributed by atoms with Crippen LogP contribution in [0.15, 0.2) is 23.3 Å². The summed E-state index contributed by atoms with van der Waals surface area (Å²) in [6.07, 6.45) is -0.328. The third kappa shape index (κ3) is 2.99. The van der Waals surface area contributed by atoms with E-state index in [1.54, 1.807) is 6.08 Å². The number of hydrogen-bond acceptors (Lipinski definition) is 5. The Balaban J connectivity index is 1.81. The van der Waals surface area contributed by atoms with Crippen molar-refractivity contribution in [2.24, 2.45) is 5.41 Å². The molecule has 2 bridgehead atoms. The fourth-order valence-electron chi connectivity index (χ4n) is 6.23. The van der Waals surface area contributed by atoms with E-state index >= 15 is 0 Å². The van der Waals surface area contributed by atoms with E-state index in [0.717, 1.165) is 11.1 Å². The predicted octanol–water partition coefficient (Wildman–Crippen LogP) is 1.37. The van der Waals surface area contributed by atoms with Gasteiger partial charge in [-0.1, -0.05) is 17.7 Å². The van der Waals surface area contributed by atoms with Gasteiger partial charge in [0.15, 0.2) is 0 Å². The van der Waals surface area contributed by atoms with E-state index in [-0.39, 0.29) is 45.3 Å². The number of hydrogen-bond donors (Lipinski definition) is 4. The number of aliphatic hydroxyl groups excluding tert-OH is 1. The average Bonchev–Trinajstić information content (AvgIpc) is 2.91. The minimum Gasteiger partial charge on any atom is -0.392 e. The average molecular weight is 429 g/mol. The number of likely N-dealkylation sites (tertiary alicyclic amines) is 1. The summed E-state index contributed by atoms with van der Waals surface area (Å²) in [5.41, 5.74) is -2.00. The second kappa shape index (κ2) is 6.80. The molecule has 4 rings (SSSR count). The van der Waals surface area contributed by atoms with E-state index in [2.05, 4.69) is 10.6 Å². The van der Waals surface area contributed by atoms with Crippen molar-refractivity contribution in [3.63, 3.8) is 0 Å². The van der Waals surface area contributed by atoms with Crippen LogP contribution in [0.3, 0.4) is 0 Å². The van der Waals surface area contributed by atoms with Crippen LogP contribution < -0.4 is 10.6 Å². The van der Waals surface area contributed by atoms with Crippen LogP contribution in [-0.4, -0.2) is 70.1 Å². The van der Waals surface area contributed by atoms with Gasteiger partial charge in [-0.05, 0) is 51.1 Å². The van der Waals surface area contributed by atoms with E-state index in [1.165, 1.54) is 11.0 Å². The van der Waals surface area contributed by atoms with Crippen molar-refractivity contribution in [2.75, 3.05) is 19.7 Å². The minimum atomic E-state index is -4.40. The van der Waals surface area contributed by atoms with Crippen molar-refractivity contribution >= 4 is 11.9 Å². The Kier molecular flexibility index (Phi) is 4.83. The molecule has 4 aliphatic rings. The number of imide groups is 1. The predicted molar refractivity (Wildman–Crippen MR) is 100 cm³/mol. The molecule has 4 unspecified atom stereocenters. The molecule has 10 heteroatoms. The number of carbonyl (C=O) groups is 2. The summed E-state index contributed by atoms with van der Waals surface area (Å²) in [7, 11) is 0. The van der Waals surface area contributed by atoms with Gasteiger partial charge in [-0.25, -0.2) is 4.79 Å². The maximum Gasteiger partial charge on any atom is 0.401 e. The lowest BCUT2D eigenvalue weighted by Gasteiger charge is -2.66. The van der Waals surface area contributed by atoms with Gasteiger partial charge in [-0.15, -0.1) is 0 Å². The molecule has 3 amide bonds. The topological polar surface area (TPSA) is 102 Å². The first-order chi connectivity index (χ1) is 14.0. The minimum absolute atomic E-state index is 0.105. The second-order valence-corrected chi connectivity index (χ2v) is 8.96. The van der Waals surface area contributed by atoms with E-state index in [0.29, 0.717) is 0 Å². The van der Waals surface area contributed by atoms with Gasteiger partial charge in [0.1, 0.15) is 5.54 Å². The highest BCUT2D eigenvalue weighted by atomic mass is 19.4. The fraction of sp³-hybridized carbons (Fsp3) is 0.700. The molecule has 2 saturated heterocycles. The molecule has 0 aromatic rings. The highest BCUT2D eigenvalue weighted by Crippen LogP contribution is 2.63. The van der Waals surface area contributed by atoms with Gasteiger partial charge in [0.25, 0.3) is 5.91 Å². The standard InChI is InChI=1S/C20H26F3N3O4/c1-12-13(3-2-8-27)9-14-19(30)5-4-18(15(28)24-16(29)25-18)10-17(12,19)6-7-26(14)11-20(21,22)23/h2-3,14,27,30H,4-11H2,1H3,(H2,24,25,28,29). The molecule has 1 saturated carbocycles. The highest BCUT2D eigenvalue weighted by molar-refractivity contribution is 6.07. The Bertz CT molecular complexity index is 842. The van der Waals surface area contributed by atoms with Crippen molar-refractivity contribution in [1.29, 1.82) is 0 Å². The van der Waals surface area contributed by atoms with Gasteiger partial charge in [0.05, 0.1) is 18.8 Å². The number of halogens is 3. The second-order valence-electron chi connectivity index (χ2n) is 8.96. The fourth-order valence-corrected chi connectivity index (χ4v) is 6.23. The van der Waals surface area contributed by atoms with E-state index < -0.39 is 47.3 Å². The van der Waals surface area contributed by atoms with Crippen molar-refractivity contribution in [3.05, 3.63) is 23.3 Å². The Morgan fingerprint density at radius 2 is 2.00 bits per heavy atom. The molecule has 30 heavy (non-hydrogen) atoms. The first-order valence-corrected chi connectivity index (χ1v) is 10.1. The molecule has 0 aromatic heterocycles. The Labute approximate surface area is 172 Å². The number of nitrogens with one attached hydrogen (secondary N) is 2. The van der Waals surface area contributed by atoms with Crippen molar-refractivity contribution in [1.82, 2.24) is 15.5 Å². The van der Waals surface area contributed by atoms with Crippen LogP contribution in [0.1, 0.15) is 39.0 Å². The SMILES string of the molecule is CC1=C(C=CCO)CC2N(CC(F)(F)F)CCC13CC1(CCC23O)NC(=O)NC1=O. The molecule has 0 aromatic carbocycles. The zero-order chi connectivity index (χ0) is 21.9. The largest absolute Gasteiger partial charge is 0.401 e.